The lowest BCUT2D eigenvalue weighted by molar-refractivity contribution is -0.114. The molecule has 3 aromatic carbocycles. The van der Waals surface area contributed by atoms with E-state index in [-0.39, 0.29) is 22.3 Å². The minimum absolute atomic E-state index is 0.151. The predicted molar refractivity (Wildman–Crippen MR) is 123 cm³/mol. The molecular formula is C24H16F3N3O2S. The van der Waals surface area contributed by atoms with Crippen molar-refractivity contribution in [2.45, 2.75) is 0 Å². The number of thioether (sulfide) groups is 1. The average Bonchev–Trinajstić information content (AvgIpc) is 3.10. The second-order valence-electron chi connectivity index (χ2n) is 6.91. The van der Waals surface area contributed by atoms with Crippen molar-refractivity contribution in [3.63, 3.8) is 0 Å². The summed E-state index contributed by atoms with van der Waals surface area (Å²) < 4.78 is 40.3. The van der Waals surface area contributed by atoms with Crippen LogP contribution < -0.4 is 10.2 Å². The number of carbonyl (C=O) groups excluding carboxylic acids is 2. The monoisotopic (exact) mass is 467 g/mol. The van der Waals surface area contributed by atoms with Gasteiger partial charge in [-0.1, -0.05) is 42.1 Å². The highest BCUT2D eigenvalue weighted by Crippen LogP contribution is 2.29. The lowest BCUT2D eigenvalue weighted by Crippen LogP contribution is -2.31. The molecule has 1 heterocycles. The van der Waals surface area contributed by atoms with Crippen molar-refractivity contribution < 1.29 is 22.8 Å². The zero-order valence-electron chi connectivity index (χ0n) is 17.0. The Morgan fingerprint density at radius 3 is 2.36 bits per heavy atom. The summed E-state index contributed by atoms with van der Waals surface area (Å²) in [7, 11) is 0. The number of hydrogen-bond acceptors (Lipinski definition) is 4. The van der Waals surface area contributed by atoms with E-state index in [9.17, 15) is 22.8 Å². The van der Waals surface area contributed by atoms with Gasteiger partial charge in [0.15, 0.2) is 5.17 Å². The highest BCUT2D eigenvalue weighted by atomic mass is 32.2. The van der Waals surface area contributed by atoms with Crippen LogP contribution in [-0.2, 0) is 9.59 Å². The number of aliphatic imine (C=N–C) groups is 1. The van der Waals surface area contributed by atoms with Crippen LogP contribution in [0.2, 0.25) is 0 Å². The lowest BCUT2D eigenvalue weighted by Gasteiger charge is -2.17. The number of amides is 2. The van der Waals surface area contributed by atoms with Crippen LogP contribution in [0.5, 0.6) is 0 Å². The quantitative estimate of drug-likeness (QED) is 0.524. The van der Waals surface area contributed by atoms with Crippen molar-refractivity contribution in [3.05, 3.63) is 102 Å². The van der Waals surface area contributed by atoms with Gasteiger partial charge in [0.05, 0.1) is 17.1 Å². The Labute approximate surface area is 191 Å². The van der Waals surface area contributed by atoms with Crippen molar-refractivity contribution in [1.29, 1.82) is 0 Å². The highest BCUT2D eigenvalue weighted by molar-refractivity contribution is 8.14. The van der Waals surface area contributed by atoms with E-state index in [1.54, 1.807) is 6.08 Å². The zero-order valence-corrected chi connectivity index (χ0v) is 17.8. The summed E-state index contributed by atoms with van der Waals surface area (Å²) in [5.74, 6) is -3.32. The molecule has 33 heavy (non-hydrogen) atoms. The third kappa shape index (κ3) is 5.32. The van der Waals surface area contributed by atoms with Gasteiger partial charge in [-0.15, -0.1) is 0 Å². The molecule has 1 aliphatic rings. The van der Waals surface area contributed by atoms with Crippen molar-refractivity contribution in [2.75, 3.05) is 16.0 Å². The number of rotatable bonds is 5. The molecule has 0 bridgehead atoms. The van der Waals surface area contributed by atoms with Crippen molar-refractivity contribution in [3.8, 4) is 0 Å². The summed E-state index contributed by atoms with van der Waals surface area (Å²) in [6, 6.07) is 17.2. The van der Waals surface area contributed by atoms with Crippen LogP contribution in [0.25, 0.3) is 6.08 Å². The molecule has 3 aromatic rings. The molecule has 0 unspecified atom stereocenters. The third-order valence-electron chi connectivity index (χ3n) is 4.55. The molecule has 0 radical (unpaired) electrons. The van der Waals surface area contributed by atoms with Crippen LogP contribution in [0, 0.1) is 17.5 Å². The first-order valence-electron chi connectivity index (χ1n) is 9.74. The standard InChI is InChI=1S/C24H16F3N3O2S/c25-16-6-9-18(10-7-16)30-23(32)21(12-15-4-2-1-3-5-15)29-24(30)33-14-22(31)28-20-11-8-17(26)13-19(20)27/h1-13H,14H2,(H,28,31)/b21-12+. The maximum absolute atomic E-state index is 13.8. The zero-order chi connectivity index (χ0) is 23.4. The first-order valence-corrected chi connectivity index (χ1v) is 10.7. The second kappa shape index (κ2) is 9.74. The van der Waals surface area contributed by atoms with Gasteiger partial charge in [-0.3, -0.25) is 14.5 Å². The Kier molecular flexibility index (Phi) is 6.60. The predicted octanol–water partition coefficient (Wildman–Crippen LogP) is 5.22. The highest BCUT2D eigenvalue weighted by Gasteiger charge is 2.32. The normalized spacial score (nSPS) is 14.5. The summed E-state index contributed by atoms with van der Waals surface area (Å²) in [5, 5.41) is 2.57. The molecule has 9 heteroatoms. The maximum atomic E-state index is 13.8. The fourth-order valence-corrected chi connectivity index (χ4v) is 3.84. The van der Waals surface area contributed by atoms with Gasteiger partial charge in [-0.25, -0.2) is 18.2 Å². The molecule has 0 saturated heterocycles. The minimum atomic E-state index is -0.900. The topological polar surface area (TPSA) is 61.8 Å². The van der Waals surface area contributed by atoms with Crippen LogP contribution in [0.15, 0.2) is 83.5 Å². The summed E-state index contributed by atoms with van der Waals surface area (Å²) in [6.45, 7) is 0. The first kappa shape index (κ1) is 22.3. The van der Waals surface area contributed by atoms with Gasteiger partial charge in [0.2, 0.25) is 5.91 Å². The number of hydrogen-bond donors (Lipinski definition) is 1. The number of nitrogens with one attached hydrogen (secondary N) is 1. The van der Waals surface area contributed by atoms with E-state index in [1.807, 2.05) is 30.3 Å². The number of amidine groups is 1. The maximum Gasteiger partial charge on any atom is 0.283 e. The van der Waals surface area contributed by atoms with Gasteiger partial charge in [0.1, 0.15) is 23.1 Å². The van der Waals surface area contributed by atoms with E-state index < -0.39 is 29.3 Å². The molecule has 166 valence electrons. The van der Waals surface area contributed by atoms with Crippen molar-refractivity contribution >= 4 is 46.2 Å². The van der Waals surface area contributed by atoms with Crippen LogP contribution in [-0.4, -0.2) is 22.7 Å². The first-order chi connectivity index (χ1) is 15.9. The van der Waals surface area contributed by atoms with Crippen molar-refractivity contribution in [2.24, 2.45) is 4.99 Å². The van der Waals surface area contributed by atoms with Gasteiger partial charge in [-0.05, 0) is 48.0 Å². The molecule has 1 N–H and O–H groups in total. The molecule has 0 fully saturated rings. The van der Waals surface area contributed by atoms with E-state index in [2.05, 4.69) is 10.3 Å². The van der Waals surface area contributed by atoms with E-state index in [1.165, 1.54) is 29.2 Å². The minimum Gasteiger partial charge on any atom is -0.323 e. The van der Waals surface area contributed by atoms with Gasteiger partial charge >= 0.3 is 0 Å². The van der Waals surface area contributed by atoms with Crippen molar-refractivity contribution in [1.82, 2.24) is 0 Å². The van der Waals surface area contributed by atoms with Crippen LogP contribution in [0.1, 0.15) is 5.56 Å². The number of benzene rings is 3. The smallest absolute Gasteiger partial charge is 0.283 e. The molecule has 5 nitrogen and oxygen atoms in total. The summed E-state index contributed by atoms with van der Waals surface area (Å²) in [6.07, 6.45) is 1.61. The van der Waals surface area contributed by atoms with Gasteiger partial charge < -0.3 is 5.32 Å². The molecular weight excluding hydrogens is 451 g/mol. The SMILES string of the molecule is O=C(CSC1=N/C(=C/c2ccccc2)C(=O)N1c1ccc(F)cc1)Nc1ccc(F)cc1F. The fourth-order valence-electron chi connectivity index (χ4n) is 3.03. The fraction of sp³-hybridized carbons (Fsp3) is 0.0417. The Bertz CT molecular complexity index is 1260. The van der Waals surface area contributed by atoms with Crippen LogP contribution >= 0.6 is 11.8 Å². The summed E-state index contributed by atoms with van der Waals surface area (Å²) >= 11 is 0.958. The second-order valence-corrected chi connectivity index (χ2v) is 7.86. The van der Waals surface area contributed by atoms with Gasteiger partial charge in [0, 0.05) is 6.07 Å². The Balaban J connectivity index is 1.56. The molecule has 0 aromatic heterocycles. The Morgan fingerprint density at radius 1 is 0.970 bits per heavy atom. The van der Waals surface area contributed by atoms with Crippen LogP contribution in [0.4, 0.5) is 24.5 Å². The Morgan fingerprint density at radius 2 is 1.67 bits per heavy atom. The number of anilines is 2. The number of carbonyl (C=O) groups is 2. The molecule has 2 amide bonds. The molecule has 0 saturated carbocycles. The molecule has 1 aliphatic heterocycles. The largest absolute Gasteiger partial charge is 0.323 e. The summed E-state index contributed by atoms with van der Waals surface area (Å²) in [4.78, 5) is 31.1. The molecule has 4 rings (SSSR count). The number of nitrogens with zero attached hydrogens (tertiary/aromatic N) is 2. The average molecular weight is 467 g/mol. The van der Waals surface area contributed by atoms with E-state index >= 15 is 0 Å². The van der Waals surface area contributed by atoms with Gasteiger partial charge in [-0.2, -0.15) is 0 Å². The summed E-state index contributed by atoms with van der Waals surface area (Å²) in [5.41, 5.74) is 1.14. The van der Waals surface area contributed by atoms with E-state index in [0.29, 0.717) is 11.8 Å². The third-order valence-corrected chi connectivity index (χ3v) is 5.49. The molecule has 0 aliphatic carbocycles. The Hall–Kier alpha value is -3.85. The van der Waals surface area contributed by atoms with Crippen LogP contribution in [0.3, 0.4) is 0 Å². The molecule has 0 atom stereocenters. The number of halogens is 3. The van der Waals surface area contributed by atoms with E-state index in [0.717, 1.165) is 29.5 Å². The van der Waals surface area contributed by atoms with E-state index in [4.69, 9.17) is 0 Å². The van der Waals surface area contributed by atoms with Gasteiger partial charge in [0.25, 0.3) is 5.91 Å². The molecule has 0 spiro atoms. The lowest BCUT2D eigenvalue weighted by atomic mass is 10.2.